The highest BCUT2D eigenvalue weighted by molar-refractivity contribution is 9.10. The molecule has 0 heterocycles. The maximum absolute atomic E-state index is 12.1. The molecule has 2 rings (SSSR count). The van der Waals surface area contributed by atoms with E-state index in [4.69, 9.17) is 11.6 Å². The third-order valence-electron chi connectivity index (χ3n) is 3.72. The Labute approximate surface area is 130 Å². The molecule has 0 aromatic heterocycles. The Morgan fingerprint density at radius 1 is 1.35 bits per heavy atom. The Kier molecular flexibility index (Phi) is 4.70. The number of aliphatic carboxylic acids is 1. The number of amides is 1. The van der Waals surface area contributed by atoms with Crippen molar-refractivity contribution in [2.45, 2.75) is 32.1 Å². The summed E-state index contributed by atoms with van der Waals surface area (Å²) in [6, 6.07) is 5.05. The number of halogens is 2. The average Bonchev–Trinajstić information content (AvgIpc) is 2.83. The van der Waals surface area contributed by atoms with Crippen LogP contribution in [0.15, 0.2) is 22.7 Å². The first-order valence-corrected chi connectivity index (χ1v) is 7.58. The Morgan fingerprint density at radius 3 is 2.55 bits per heavy atom. The maximum atomic E-state index is 12.1. The number of rotatable bonds is 4. The highest BCUT2D eigenvalue weighted by Gasteiger charge is 2.42. The van der Waals surface area contributed by atoms with E-state index in [-0.39, 0.29) is 12.3 Å². The molecule has 1 saturated carbocycles. The van der Waals surface area contributed by atoms with Crippen LogP contribution in [0.1, 0.15) is 32.1 Å². The van der Waals surface area contributed by atoms with Crippen LogP contribution in [0.4, 0.5) is 5.69 Å². The fourth-order valence-corrected chi connectivity index (χ4v) is 3.10. The van der Waals surface area contributed by atoms with Gasteiger partial charge in [-0.1, -0.05) is 24.4 Å². The minimum Gasteiger partial charge on any atom is -0.481 e. The van der Waals surface area contributed by atoms with Gasteiger partial charge in [0, 0.05) is 16.6 Å². The van der Waals surface area contributed by atoms with Gasteiger partial charge in [-0.15, -0.1) is 0 Å². The third kappa shape index (κ3) is 3.33. The van der Waals surface area contributed by atoms with Crippen LogP contribution in [-0.2, 0) is 9.59 Å². The van der Waals surface area contributed by atoms with Gasteiger partial charge in [0.05, 0.1) is 10.4 Å². The van der Waals surface area contributed by atoms with Gasteiger partial charge in [-0.3, -0.25) is 9.59 Å². The van der Waals surface area contributed by atoms with E-state index < -0.39 is 11.4 Å². The lowest BCUT2D eigenvalue weighted by Crippen LogP contribution is -2.32. The van der Waals surface area contributed by atoms with Crippen LogP contribution in [0.25, 0.3) is 0 Å². The molecule has 1 aromatic rings. The number of carboxylic acids is 1. The highest BCUT2D eigenvalue weighted by atomic mass is 79.9. The summed E-state index contributed by atoms with van der Waals surface area (Å²) in [5.41, 5.74) is -0.293. The van der Waals surface area contributed by atoms with E-state index in [1.54, 1.807) is 18.2 Å². The second-order valence-electron chi connectivity index (χ2n) is 5.15. The number of carboxylic acid groups (broad SMARTS) is 1. The van der Waals surface area contributed by atoms with Crippen molar-refractivity contribution in [2.75, 3.05) is 5.32 Å². The van der Waals surface area contributed by atoms with Gasteiger partial charge in [-0.2, -0.15) is 0 Å². The Morgan fingerprint density at radius 2 is 2.00 bits per heavy atom. The molecule has 1 aromatic carbocycles. The van der Waals surface area contributed by atoms with Crippen molar-refractivity contribution in [3.63, 3.8) is 0 Å². The quantitative estimate of drug-likeness (QED) is 0.850. The molecule has 0 radical (unpaired) electrons. The van der Waals surface area contributed by atoms with Crippen LogP contribution in [-0.4, -0.2) is 17.0 Å². The van der Waals surface area contributed by atoms with Crippen LogP contribution >= 0.6 is 27.5 Å². The smallest absolute Gasteiger partial charge is 0.310 e. The predicted octanol–water partition coefficient (Wildman–Crippen LogP) is 4.08. The minimum atomic E-state index is -0.895. The van der Waals surface area contributed by atoms with Crippen LogP contribution in [0.3, 0.4) is 0 Å². The molecule has 0 unspecified atom stereocenters. The summed E-state index contributed by atoms with van der Waals surface area (Å²) < 4.78 is 0.686. The van der Waals surface area contributed by atoms with Gasteiger partial charge in [0.25, 0.3) is 0 Å². The zero-order valence-corrected chi connectivity index (χ0v) is 13.1. The number of anilines is 1. The number of hydrogen-bond donors (Lipinski definition) is 2. The zero-order valence-electron chi connectivity index (χ0n) is 10.8. The minimum absolute atomic E-state index is 0.0164. The topological polar surface area (TPSA) is 66.4 Å². The summed E-state index contributed by atoms with van der Waals surface area (Å²) in [4.78, 5) is 23.5. The van der Waals surface area contributed by atoms with Crippen LogP contribution in [0.5, 0.6) is 0 Å². The van der Waals surface area contributed by atoms with Crippen LogP contribution in [0, 0.1) is 5.41 Å². The summed E-state index contributed by atoms with van der Waals surface area (Å²) in [6.07, 6.45) is 2.89. The fourth-order valence-electron chi connectivity index (χ4n) is 2.60. The van der Waals surface area contributed by atoms with Gasteiger partial charge >= 0.3 is 5.97 Å². The van der Waals surface area contributed by atoms with Crippen molar-refractivity contribution in [3.05, 3.63) is 27.7 Å². The molecule has 0 bridgehead atoms. The Balaban J connectivity index is 2.04. The van der Waals surface area contributed by atoms with Crippen LogP contribution < -0.4 is 5.32 Å². The standard InChI is InChI=1S/C14H15BrClNO3/c15-10-7-9(3-4-11(10)16)17-12(18)8-14(13(19)20)5-1-2-6-14/h3-4,7H,1-2,5-6,8H2,(H,17,18)(H,19,20). The van der Waals surface area contributed by atoms with Gasteiger partial charge in [0.2, 0.25) is 5.91 Å². The Bertz CT molecular complexity index is 541. The molecule has 0 atom stereocenters. The lowest BCUT2D eigenvalue weighted by molar-refractivity contribution is -0.150. The molecule has 1 fully saturated rings. The molecule has 1 aliphatic rings. The number of benzene rings is 1. The second kappa shape index (κ2) is 6.14. The van der Waals surface area contributed by atoms with Crippen LogP contribution in [0.2, 0.25) is 5.02 Å². The molecule has 108 valence electrons. The van der Waals surface area contributed by atoms with E-state index in [0.29, 0.717) is 28.0 Å². The summed E-state index contributed by atoms with van der Waals surface area (Å²) in [7, 11) is 0. The molecule has 1 amide bonds. The van der Waals surface area contributed by atoms with Crippen molar-refractivity contribution in [2.24, 2.45) is 5.41 Å². The molecule has 2 N–H and O–H groups in total. The average molecular weight is 361 g/mol. The van der Waals surface area contributed by atoms with Crippen molar-refractivity contribution in [3.8, 4) is 0 Å². The summed E-state index contributed by atoms with van der Waals surface area (Å²) in [5, 5.41) is 12.6. The zero-order chi connectivity index (χ0) is 14.8. The lowest BCUT2D eigenvalue weighted by Gasteiger charge is -2.22. The monoisotopic (exact) mass is 359 g/mol. The first-order valence-electron chi connectivity index (χ1n) is 6.41. The van der Waals surface area contributed by atoms with Crippen molar-refractivity contribution < 1.29 is 14.7 Å². The van der Waals surface area contributed by atoms with E-state index >= 15 is 0 Å². The van der Waals surface area contributed by atoms with Crippen molar-refractivity contribution in [1.82, 2.24) is 0 Å². The number of carbonyl (C=O) groups excluding carboxylic acids is 1. The molecule has 0 aliphatic heterocycles. The third-order valence-corrected chi connectivity index (χ3v) is 4.93. The number of hydrogen-bond acceptors (Lipinski definition) is 2. The van der Waals surface area contributed by atoms with Crippen molar-refractivity contribution in [1.29, 1.82) is 0 Å². The molecule has 4 nitrogen and oxygen atoms in total. The van der Waals surface area contributed by atoms with Gasteiger partial charge in [0.1, 0.15) is 0 Å². The van der Waals surface area contributed by atoms with E-state index in [2.05, 4.69) is 21.2 Å². The molecule has 0 saturated heterocycles. The number of nitrogens with one attached hydrogen (secondary N) is 1. The van der Waals surface area contributed by atoms with E-state index in [9.17, 15) is 14.7 Å². The largest absolute Gasteiger partial charge is 0.481 e. The number of carbonyl (C=O) groups is 2. The maximum Gasteiger partial charge on any atom is 0.310 e. The van der Waals surface area contributed by atoms with Gasteiger partial charge in [-0.05, 0) is 47.0 Å². The molecular formula is C14H15BrClNO3. The van der Waals surface area contributed by atoms with Gasteiger partial charge < -0.3 is 10.4 Å². The predicted molar refractivity (Wildman–Crippen MR) is 80.9 cm³/mol. The molecule has 1 aliphatic carbocycles. The van der Waals surface area contributed by atoms with Crippen molar-refractivity contribution >= 4 is 45.1 Å². The molecule has 0 spiro atoms. The van der Waals surface area contributed by atoms with Gasteiger partial charge in [0.15, 0.2) is 0 Å². The Hall–Kier alpha value is -1.07. The molecule has 6 heteroatoms. The second-order valence-corrected chi connectivity index (χ2v) is 6.41. The fraction of sp³-hybridized carbons (Fsp3) is 0.429. The van der Waals surface area contributed by atoms with E-state index in [0.717, 1.165) is 12.8 Å². The molecular weight excluding hydrogens is 346 g/mol. The first kappa shape index (κ1) is 15.3. The molecule has 20 heavy (non-hydrogen) atoms. The highest BCUT2D eigenvalue weighted by Crippen LogP contribution is 2.41. The summed E-state index contributed by atoms with van der Waals surface area (Å²) in [5.74, 6) is -1.15. The lowest BCUT2D eigenvalue weighted by atomic mass is 9.82. The summed E-state index contributed by atoms with van der Waals surface area (Å²) >= 11 is 9.16. The summed E-state index contributed by atoms with van der Waals surface area (Å²) in [6.45, 7) is 0. The normalized spacial score (nSPS) is 16.9. The SMILES string of the molecule is O=C(CC1(C(=O)O)CCCC1)Nc1ccc(Cl)c(Br)c1. The van der Waals surface area contributed by atoms with Gasteiger partial charge in [-0.25, -0.2) is 0 Å². The van der Waals surface area contributed by atoms with E-state index in [1.807, 2.05) is 0 Å². The first-order chi connectivity index (χ1) is 9.43. The van der Waals surface area contributed by atoms with E-state index in [1.165, 1.54) is 0 Å².